The monoisotopic (exact) mass is 571 g/mol. The van der Waals surface area contributed by atoms with Crippen molar-refractivity contribution in [2.75, 3.05) is 26.4 Å². The second kappa shape index (κ2) is 15.3. The van der Waals surface area contributed by atoms with Gasteiger partial charge >= 0.3 is 20.9 Å². The highest BCUT2D eigenvalue weighted by molar-refractivity contribution is 6.60. The fourth-order valence-electron chi connectivity index (χ4n) is 4.33. The van der Waals surface area contributed by atoms with Crippen LogP contribution in [0, 0.1) is 5.92 Å². The highest BCUT2D eigenvalue weighted by Gasteiger charge is 2.41. The minimum atomic E-state index is -2.77. The van der Waals surface area contributed by atoms with E-state index in [1.54, 1.807) is 36.4 Å². The third kappa shape index (κ3) is 8.71. The molecule has 1 fully saturated rings. The summed E-state index contributed by atoms with van der Waals surface area (Å²) in [6.07, 6.45) is 0.0868. The van der Waals surface area contributed by atoms with Crippen LogP contribution in [0.3, 0.4) is 0 Å². The van der Waals surface area contributed by atoms with Crippen LogP contribution in [0.15, 0.2) is 54.6 Å². The molecule has 1 atom stereocenters. The molecule has 1 saturated heterocycles. The Morgan fingerprint density at radius 1 is 0.900 bits per heavy atom. The first-order chi connectivity index (χ1) is 19.3. The zero-order valence-corrected chi connectivity index (χ0v) is 24.1. The Balaban J connectivity index is 1.50. The lowest BCUT2D eigenvalue weighted by Gasteiger charge is -2.30. The number of carbonyl (C=O) groups is 4. The molecule has 0 aromatic heterocycles. The number of rotatable bonds is 15. The van der Waals surface area contributed by atoms with Gasteiger partial charge in [-0.05, 0) is 56.9 Å². The van der Waals surface area contributed by atoms with Crippen molar-refractivity contribution in [2.45, 2.75) is 46.2 Å². The number of ether oxygens (including phenoxy) is 1. The van der Waals surface area contributed by atoms with Crippen LogP contribution in [0.5, 0.6) is 5.75 Å². The van der Waals surface area contributed by atoms with Gasteiger partial charge in [0.05, 0.1) is 6.54 Å². The molecule has 2 aromatic rings. The van der Waals surface area contributed by atoms with Crippen LogP contribution in [-0.4, -0.2) is 64.0 Å². The maximum absolute atomic E-state index is 13.0. The van der Waals surface area contributed by atoms with Gasteiger partial charge in [0.2, 0.25) is 11.8 Å². The molecule has 2 aromatic carbocycles. The van der Waals surface area contributed by atoms with Gasteiger partial charge in [0.15, 0.2) is 0 Å². The molecule has 11 nitrogen and oxygen atoms in total. The molecule has 0 aliphatic carbocycles. The lowest BCUT2D eigenvalue weighted by atomic mass is 9.95. The smallest absolute Gasteiger partial charge is 0.410 e. The lowest BCUT2D eigenvalue weighted by molar-refractivity contribution is -0.142. The van der Waals surface area contributed by atoms with Crippen molar-refractivity contribution >= 4 is 32.7 Å². The van der Waals surface area contributed by atoms with E-state index in [-0.39, 0.29) is 13.0 Å². The van der Waals surface area contributed by atoms with E-state index >= 15 is 0 Å². The van der Waals surface area contributed by atoms with Gasteiger partial charge < -0.3 is 23.3 Å². The second-order valence-electron chi connectivity index (χ2n) is 9.01. The quantitative estimate of drug-likeness (QED) is 0.188. The number of carbonyl (C=O) groups excluding carboxylic acids is 4. The van der Waals surface area contributed by atoms with Gasteiger partial charge in [-0.1, -0.05) is 42.5 Å². The first-order valence-corrected chi connectivity index (χ1v) is 15.4. The zero-order valence-electron chi connectivity index (χ0n) is 23.1. The van der Waals surface area contributed by atoms with Crippen molar-refractivity contribution in [2.24, 2.45) is 5.92 Å². The van der Waals surface area contributed by atoms with Crippen LogP contribution < -0.4 is 15.4 Å². The molecule has 0 saturated carbocycles. The van der Waals surface area contributed by atoms with Crippen LogP contribution >= 0.6 is 0 Å². The third-order valence-corrected chi connectivity index (χ3v) is 9.29. The van der Waals surface area contributed by atoms with E-state index in [1.807, 2.05) is 39.0 Å². The number of benzene rings is 2. The van der Waals surface area contributed by atoms with Crippen LogP contribution in [0.4, 0.5) is 9.59 Å². The molecule has 5 amide bonds. The maximum Gasteiger partial charge on any atom is 0.500 e. The summed E-state index contributed by atoms with van der Waals surface area (Å²) in [6.45, 7) is 7.57. The molecule has 12 heteroatoms. The van der Waals surface area contributed by atoms with E-state index < -0.39 is 38.7 Å². The van der Waals surface area contributed by atoms with E-state index in [4.69, 9.17) is 18.0 Å². The van der Waals surface area contributed by atoms with Crippen molar-refractivity contribution in [3.8, 4) is 5.75 Å². The summed E-state index contributed by atoms with van der Waals surface area (Å²) in [6, 6.07) is 15.4. The Labute approximate surface area is 235 Å². The van der Waals surface area contributed by atoms with Crippen LogP contribution in [0.1, 0.15) is 38.3 Å². The Hall–Kier alpha value is -3.58. The van der Waals surface area contributed by atoms with Crippen molar-refractivity contribution in [1.29, 1.82) is 0 Å². The maximum atomic E-state index is 13.0. The SMILES string of the molecule is CCO[Si](CCCNC(=O)Oc1ccc(CC2C(=O)NC(=O)N(Cc3ccccc3)C2=O)cc1)(OCC)OCC. The second-order valence-corrected chi connectivity index (χ2v) is 11.7. The van der Waals surface area contributed by atoms with Crippen molar-refractivity contribution in [3.63, 3.8) is 0 Å². The summed E-state index contributed by atoms with van der Waals surface area (Å²) in [5.74, 6) is -1.92. The third-order valence-electron chi connectivity index (χ3n) is 6.13. The van der Waals surface area contributed by atoms with Gasteiger partial charge in [-0.3, -0.25) is 19.8 Å². The molecular weight excluding hydrogens is 534 g/mol. The van der Waals surface area contributed by atoms with E-state index in [0.717, 1.165) is 10.5 Å². The Morgan fingerprint density at radius 2 is 1.52 bits per heavy atom. The fourth-order valence-corrected chi connectivity index (χ4v) is 6.94. The Kier molecular flexibility index (Phi) is 11.8. The molecule has 2 N–H and O–H groups in total. The number of nitrogens with zero attached hydrogens (tertiary/aromatic N) is 1. The molecule has 1 heterocycles. The van der Waals surface area contributed by atoms with E-state index in [2.05, 4.69) is 10.6 Å². The number of hydrogen-bond donors (Lipinski definition) is 2. The number of imide groups is 2. The van der Waals surface area contributed by atoms with Gasteiger partial charge in [-0.15, -0.1) is 0 Å². The molecule has 0 radical (unpaired) electrons. The number of hydrogen-bond acceptors (Lipinski definition) is 8. The zero-order chi connectivity index (χ0) is 29.0. The Bertz CT molecular complexity index is 1130. The molecule has 1 aliphatic rings. The van der Waals surface area contributed by atoms with Crippen LogP contribution in [-0.2, 0) is 35.8 Å². The Morgan fingerprint density at radius 3 is 2.12 bits per heavy atom. The summed E-state index contributed by atoms with van der Waals surface area (Å²) < 4.78 is 22.8. The predicted octanol–water partition coefficient (Wildman–Crippen LogP) is 3.65. The van der Waals surface area contributed by atoms with Gasteiger partial charge in [0.25, 0.3) is 0 Å². The van der Waals surface area contributed by atoms with E-state index in [0.29, 0.717) is 50.1 Å². The predicted molar refractivity (Wildman–Crippen MR) is 148 cm³/mol. The van der Waals surface area contributed by atoms with Crippen LogP contribution in [0.25, 0.3) is 0 Å². The fraction of sp³-hybridized carbons (Fsp3) is 0.429. The average Bonchev–Trinajstić information content (AvgIpc) is 2.93. The minimum absolute atomic E-state index is 0.0727. The van der Waals surface area contributed by atoms with Gasteiger partial charge in [0, 0.05) is 32.4 Å². The molecule has 40 heavy (non-hydrogen) atoms. The average molecular weight is 572 g/mol. The largest absolute Gasteiger partial charge is 0.500 e. The summed E-state index contributed by atoms with van der Waals surface area (Å²) >= 11 is 0. The van der Waals surface area contributed by atoms with Crippen molar-refractivity contribution < 1.29 is 37.2 Å². The standard InChI is InChI=1S/C28H37N3O8Si/c1-4-36-40(37-5-2,38-6-3)18-10-17-29-28(35)39-23-15-13-21(14-16-23)19-24-25(32)30-27(34)31(26(24)33)20-22-11-8-7-9-12-22/h7-9,11-16,24H,4-6,10,17-20H2,1-3H3,(H,29,35)(H,30,32,34). The molecule has 216 valence electrons. The number of nitrogens with one attached hydrogen (secondary N) is 2. The highest BCUT2D eigenvalue weighted by Crippen LogP contribution is 2.21. The summed E-state index contributed by atoms with van der Waals surface area (Å²) in [7, 11) is -2.77. The summed E-state index contributed by atoms with van der Waals surface area (Å²) in [5.41, 5.74) is 1.46. The first-order valence-electron chi connectivity index (χ1n) is 13.5. The van der Waals surface area contributed by atoms with Crippen LogP contribution in [0.2, 0.25) is 6.04 Å². The van der Waals surface area contributed by atoms with Gasteiger partial charge in [-0.2, -0.15) is 0 Å². The first kappa shape index (κ1) is 31.0. The number of barbiturate groups is 1. The minimum Gasteiger partial charge on any atom is -0.410 e. The van der Waals surface area contributed by atoms with Gasteiger partial charge in [0.1, 0.15) is 11.7 Å². The van der Waals surface area contributed by atoms with E-state index in [1.165, 1.54) is 0 Å². The summed E-state index contributed by atoms with van der Waals surface area (Å²) in [5, 5.41) is 4.98. The molecular formula is C28H37N3O8Si. The normalized spacial score (nSPS) is 15.6. The lowest BCUT2D eigenvalue weighted by Crippen LogP contribution is -2.57. The van der Waals surface area contributed by atoms with Gasteiger partial charge in [-0.25, -0.2) is 9.59 Å². The highest BCUT2D eigenvalue weighted by atomic mass is 28.4. The van der Waals surface area contributed by atoms with Crippen molar-refractivity contribution in [1.82, 2.24) is 15.5 Å². The molecule has 1 aliphatic heterocycles. The molecule has 3 rings (SSSR count). The topological polar surface area (TPSA) is 132 Å². The molecule has 1 unspecified atom stereocenters. The van der Waals surface area contributed by atoms with E-state index in [9.17, 15) is 19.2 Å². The van der Waals surface area contributed by atoms with Crippen molar-refractivity contribution in [3.05, 3.63) is 65.7 Å². The summed E-state index contributed by atoms with van der Waals surface area (Å²) in [4.78, 5) is 51.1. The molecule has 0 spiro atoms. The number of amides is 5. The molecule has 0 bridgehead atoms. The number of urea groups is 1.